The van der Waals surface area contributed by atoms with Crippen LogP contribution in [0.3, 0.4) is 0 Å². The number of allylic oxidation sites excluding steroid dienone is 1. The van der Waals surface area contributed by atoms with Crippen molar-refractivity contribution in [2.45, 2.75) is 18.4 Å². The molecule has 0 bridgehead atoms. The van der Waals surface area contributed by atoms with Gasteiger partial charge in [0.25, 0.3) is 0 Å². The second kappa shape index (κ2) is 7.46. The van der Waals surface area contributed by atoms with Gasteiger partial charge in [-0.2, -0.15) is 0 Å². The molecule has 1 aliphatic carbocycles. The van der Waals surface area contributed by atoms with Crippen molar-refractivity contribution in [2.24, 2.45) is 0 Å². The predicted molar refractivity (Wildman–Crippen MR) is 107 cm³/mol. The number of benzene rings is 2. The Balaban J connectivity index is 1.65. The lowest BCUT2D eigenvalue weighted by molar-refractivity contribution is 0.0697. The van der Waals surface area contributed by atoms with Gasteiger partial charge in [-0.3, -0.25) is 4.98 Å². The van der Waals surface area contributed by atoms with Gasteiger partial charge in [0, 0.05) is 12.1 Å². The second-order valence-corrected chi connectivity index (χ2v) is 6.66. The van der Waals surface area contributed by atoms with E-state index in [1.807, 2.05) is 24.3 Å². The Bertz CT molecular complexity index is 982. The summed E-state index contributed by atoms with van der Waals surface area (Å²) in [5.41, 5.74) is 4.45. The molecule has 2 aromatic carbocycles. The molecule has 2 unspecified atom stereocenters. The lowest BCUT2D eigenvalue weighted by Crippen LogP contribution is -2.16. The number of carboxylic acids is 1. The third kappa shape index (κ3) is 3.60. The second-order valence-electron chi connectivity index (χ2n) is 6.66. The molecule has 0 saturated carbocycles. The summed E-state index contributed by atoms with van der Waals surface area (Å²) in [7, 11) is 0. The zero-order chi connectivity index (χ0) is 18.6. The highest BCUT2D eigenvalue weighted by atomic mass is 16.4. The van der Waals surface area contributed by atoms with E-state index in [0.717, 1.165) is 12.0 Å². The van der Waals surface area contributed by atoms with Gasteiger partial charge < -0.3 is 10.4 Å². The summed E-state index contributed by atoms with van der Waals surface area (Å²) >= 11 is 0. The van der Waals surface area contributed by atoms with Crippen LogP contribution in [0.15, 0.2) is 79.1 Å². The maximum Gasteiger partial charge on any atom is 0.337 e. The van der Waals surface area contributed by atoms with Crippen LogP contribution >= 0.6 is 0 Å². The number of nitrogens with one attached hydrogen (secondary N) is 1. The zero-order valence-corrected chi connectivity index (χ0v) is 14.7. The molecule has 1 heterocycles. The van der Waals surface area contributed by atoms with Crippen molar-refractivity contribution in [3.05, 3.63) is 101 Å². The molecule has 2 N–H and O–H groups in total. The lowest BCUT2D eigenvalue weighted by Gasteiger charge is -2.24. The quantitative estimate of drug-likeness (QED) is 0.642. The van der Waals surface area contributed by atoms with Crippen LogP contribution in [0.1, 0.15) is 45.4 Å². The van der Waals surface area contributed by atoms with E-state index in [9.17, 15) is 9.90 Å². The van der Waals surface area contributed by atoms with E-state index in [0.29, 0.717) is 5.69 Å². The number of anilines is 1. The molecule has 0 fully saturated rings. The van der Waals surface area contributed by atoms with Crippen molar-refractivity contribution in [3.8, 4) is 0 Å². The van der Waals surface area contributed by atoms with Gasteiger partial charge in [-0.15, -0.1) is 0 Å². The highest BCUT2D eigenvalue weighted by Crippen LogP contribution is 2.38. The maximum absolute atomic E-state index is 11.6. The van der Waals surface area contributed by atoms with Crippen molar-refractivity contribution in [3.63, 3.8) is 0 Å². The fourth-order valence-corrected chi connectivity index (χ4v) is 3.63. The Hall–Kier alpha value is -3.40. The van der Waals surface area contributed by atoms with Crippen molar-refractivity contribution >= 4 is 17.7 Å². The molecule has 0 spiro atoms. The maximum atomic E-state index is 11.6. The van der Waals surface area contributed by atoms with Gasteiger partial charge in [0.05, 0.1) is 23.5 Å². The lowest BCUT2D eigenvalue weighted by atomic mass is 9.90. The molecule has 2 atom stereocenters. The van der Waals surface area contributed by atoms with Crippen LogP contribution in [0.5, 0.6) is 0 Å². The molecule has 0 amide bonds. The largest absolute Gasteiger partial charge is 0.478 e. The van der Waals surface area contributed by atoms with Gasteiger partial charge >= 0.3 is 5.97 Å². The van der Waals surface area contributed by atoms with Crippen LogP contribution in [-0.4, -0.2) is 16.1 Å². The fourth-order valence-electron chi connectivity index (χ4n) is 3.63. The van der Waals surface area contributed by atoms with Crippen LogP contribution in [0.2, 0.25) is 0 Å². The molecular weight excluding hydrogens is 336 g/mol. The molecular formula is C23H20N2O2. The molecule has 27 heavy (non-hydrogen) atoms. The topological polar surface area (TPSA) is 62.2 Å². The first kappa shape index (κ1) is 17.0. The Labute approximate surface area is 158 Å². The number of hydrogen-bond acceptors (Lipinski definition) is 3. The standard InChI is InChI=1S/C23H20N2O2/c26-23(27)20-12-13-24-15-22(20)25-21(17-7-2-1-3-8-17)14-18-11-10-16-6-4-5-9-19(16)18/h1-13,15,18,21,25H,14H2,(H,26,27). The van der Waals surface area contributed by atoms with E-state index in [1.54, 1.807) is 6.20 Å². The van der Waals surface area contributed by atoms with Crippen molar-refractivity contribution in [1.29, 1.82) is 0 Å². The molecule has 1 aliphatic rings. The van der Waals surface area contributed by atoms with Gasteiger partial charge in [-0.05, 0) is 29.2 Å². The highest BCUT2D eigenvalue weighted by molar-refractivity contribution is 5.93. The summed E-state index contributed by atoms with van der Waals surface area (Å²) in [4.78, 5) is 15.7. The molecule has 0 radical (unpaired) electrons. The number of rotatable bonds is 6. The summed E-state index contributed by atoms with van der Waals surface area (Å²) in [6.45, 7) is 0. The molecule has 4 heteroatoms. The Morgan fingerprint density at radius 2 is 1.85 bits per heavy atom. The van der Waals surface area contributed by atoms with Crippen molar-refractivity contribution in [2.75, 3.05) is 5.32 Å². The van der Waals surface area contributed by atoms with Crippen molar-refractivity contribution < 1.29 is 9.90 Å². The average Bonchev–Trinajstić information content (AvgIpc) is 3.11. The van der Waals surface area contributed by atoms with Gasteiger partial charge in [0.2, 0.25) is 0 Å². The first-order chi connectivity index (χ1) is 13.2. The molecule has 4 rings (SSSR count). The Morgan fingerprint density at radius 1 is 1.07 bits per heavy atom. The number of hydrogen-bond donors (Lipinski definition) is 2. The first-order valence-corrected chi connectivity index (χ1v) is 8.98. The predicted octanol–water partition coefficient (Wildman–Crippen LogP) is 5.13. The number of aromatic carboxylic acids is 1. The Morgan fingerprint density at radius 3 is 2.67 bits per heavy atom. The molecule has 4 nitrogen and oxygen atoms in total. The minimum absolute atomic E-state index is 0.0330. The van der Waals surface area contributed by atoms with E-state index < -0.39 is 5.97 Å². The monoisotopic (exact) mass is 356 g/mol. The van der Waals surface area contributed by atoms with Crippen molar-refractivity contribution in [1.82, 2.24) is 4.98 Å². The van der Waals surface area contributed by atoms with Gasteiger partial charge in [0.1, 0.15) is 0 Å². The summed E-state index contributed by atoms with van der Waals surface area (Å²) < 4.78 is 0. The normalized spacial score (nSPS) is 15.9. The number of carbonyl (C=O) groups is 1. The van der Waals surface area contributed by atoms with E-state index in [2.05, 4.69) is 52.8 Å². The number of aromatic nitrogens is 1. The average molecular weight is 356 g/mol. The van der Waals surface area contributed by atoms with Crippen LogP contribution in [0.25, 0.3) is 6.08 Å². The summed E-state index contributed by atoms with van der Waals surface area (Å²) in [6.07, 6.45) is 8.30. The summed E-state index contributed by atoms with van der Waals surface area (Å²) in [5, 5.41) is 12.9. The Kier molecular flexibility index (Phi) is 4.71. The van der Waals surface area contributed by atoms with E-state index in [4.69, 9.17) is 0 Å². The zero-order valence-electron chi connectivity index (χ0n) is 14.7. The molecule has 0 saturated heterocycles. The fraction of sp³-hybridized carbons (Fsp3) is 0.130. The van der Waals surface area contributed by atoms with E-state index >= 15 is 0 Å². The van der Waals surface area contributed by atoms with Gasteiger partial charge in [0.15, 0.2) is 0 Å². The molecule has 134 valence electrons. The van der Waals surface area contributed by atoms with E-state index in [1.165, 1.54) is 23.4 Å². The third-order valence-electron chi connectivity index (χ3n) is 4.98. The molecule has 1 aromatic heterocycles. The molecule has 0 aliphatic heterocycles. The van der Waals surface area contributed by atoms with Crippen LogP contribution in [0.4, 0.5) is 5.69 Å². The minimum atomic E-state index is -0.960. The highest BCUT2D eigenvalue weighted by Gasteiger charge is 2.23. The van der Waals surface area contributed by atoms with Crippen LogP contribution in [-0.2, 0) is 0 Å². The smallest absolute Gasteiger partial charge is 0.337 e. The van der Waals surface area contributed by atoms with Gasteiger partial charge in [-0.1, -0.05) is 66.7 Å². The number of fused-ring (bicyclic) bond motifs is 1. The van der Waals surface area contributed by atoms with Crippen LogP contribution < -0.4 is 5.32 Å². The summed E-state index contributed by atoms with van der Waals surface area (Å²) in [5.74, 6) is -0.679. The SMILES string of the molecule is O=C(O)c1ccncc1NC(CC1C=Cc2ccccc21)c1ccccc1. The van der Waals surface area contributed by atoms with Gasteiger partial charge in [-0.25, -0.2) is 4.79 Å². The van der Waals surface area contributed by atoms with E-state index in [-0.39, 0.29) is 17.5 Å². The number of pyridine rings is 1. The van der Waals surface area contributed by atoms with Crippen LogP contribution in [0, 0.1) is 0 Å². The molecule has 3 aromatic rings. The first-order valence-electron chi connectivity index (χ1n) is 8.98. The third-order valence-corrected chi connectivity index (χ3v) is 4.98. The summed E-state index contributed by atoms with van der Waals surface area (Å²) in [6, 6.07) is 20.0. The number of nitrogens with zero attached hydrogens (tertiary/aromatic N) is 1. The minimum Gasteiger partial charge on any atom is -0.478 e. The number of carboxylic acid groups (broad SMARTS) is 1.